The van der Waals surface area contributed by atoms with Gasteiger partial charge in [0.15, 0.2) is 0 Å². The van der Waals surface area contributed by atoms with Crippen molar-refractivity contribution in [1.29, 1.82) is 0 Å². The second-order valence-corrected chi connectivity index (χ2v) is 13.7. The summed E-state index contributed by atoms with van der Waals surface area (Å²) in [6.07, 6.45) is 15.2. The molecule has 3 N–H and O–H groups in total. The van der Waals surface area contributed by atoms with Crippen LogP contribution in [-0.4, -0.2) is 53.4 Å². The summed E-state index contributed by atoms with van der Waals surface area (Å²) in [5, 5.41) is 16.3. The Morgan fingerprint density at radius 2 is 1.90 bits per heavy atom. The van der Waals surface area contributed by atoms with Crippen LogP contribution >= 0.6 is 11.8 Å². The zero-order chi connectivity index (χ0) is 31.2. The predicted molar refractivity (Wildman–Crippen MR) is 181 cm³/mol. The Morgan fingerprint density at radius 3 is 2.49 bits per heavy atom. The summed E-state index contributed by atoms with van der Waals surface area (Å²) in [7, 11) is 1.00. The SMILES string of the molecule is C=CSC(C1=CC=C(CNC(=O)C2CCCN2C(=C)C(NC(=C)CCCCC)C(C)(C)C)C=CC1C)C(C)C.CO. The highest BCUT2D eigenvalue weighted by Crippen LogP contribution is 2.34. The molecule has 1 amide bonds. The molecule has 2 aliphatic rings. The van der Waals surface area contributed by atoms with E-state index in [1.54, 1.807) is 11.8 Å². The molecule has 1 fully saturated rings. The minimum atomic E-state index is -0.188. The molecule has 232 valence electrons. The quantitative estimate of drug-likeness (QED) is 0.172. The maximum Gasteiger partial charge on any atom is 0.242 e. The van der Waals surface area contributed by atoms with Gasteiger partial charge in [0.25, 0.3) is 0 Å². The third kappa shape index (κ3) is 11.5. The molecule has 41 heavy (non-hydrogen) atoms. The van der Waals surface area contributed by atoms with Crippen molar-refractivity contribution in [3.8, 4) is 0 Å². The lowest BCUT2D eigenvalue weighted by molar-refractivity contribution is -0.124. The Hall–Kier alpha value is -2.18. The molecule has 4 unspecified atom stereocenters. The minimum absolute atomic E-state index is 0.0277. The number of unbranched alkanes of at least 4 members (excludes halogenated alkanes) is 2. The van der Waals surface area contributed by atoms with E-state index in [4.69, 9.17) is 5.11 Å². The summed E-state index contributed by atoms with van der Waals surface area (Å²) in [5.41, 5.74) is 4.53. The Bertz CT molecular complexity index is 957. The average molecular weight is 586 g/mol. The van der Waals surface area contributed by atoms with E-state index in [1.807, 2.05) is 5.41 Å². The number of carbonyl (C=O) groups is 1. The van der Waals surface area contributed by atoms with E-state index in [0.717, 1.165) is 56.3 Å². The van der Waals surface area contributed by atoms with E-state index in [9.17, 15) is 4.79 Å². The van der Waals surface area contributed by atoms with Gasteiger partial charge >= 0.3 is 0 Å². The van der Waals surface area contributed by atoms with E-state index in [0.29, 0.717) is 23.6 Å². The zero-order valence-electron chi connectivity index (χ0n) is 27.3. The molecule has 0 bridgehead atoms. The largest absolute Gasteiger partial charge is 0.400 e. The maximum atomic E-state index is 13.5. The van der Waals surface area contributed by atoms with Gasteiger partial charge in [-0.2, -0.15) is 0 Å². The molecule has 0 radical (unpaired) electrons. The second-order valence-electron chi connectivity index (χ2n) is 12.6. The molecular weight excluding hydrogens is 526 g/mol. The molecule has 4 atom stereocenters. The topological polar surface area (TPSA) is 64.6 Å². The standard InChI is InChI=1S/C34H55N3OS.CH4O/c1-11-13-14-16-26(6)36-32(34(8,9)10)27(7)37-22-15-17-30(37)33(38)35-23-28-19-18-25(5)29(21-20-28)31(24(3)4)39-12-2;1-2/h12,18-21,24-25,30-32,36H,2,6-7,11,13-17,22-23H2,1,3-5,8-10H3,(H,35,38);2H,1H3. The molecule has 2 rings (SSSR count). The number of likely N-dealkylation sites (tertiary alicyclic amines) is 1. The molecule has 0 spiro atoms. The highest BCUT2D eigenvalue weighted by Gasteiger charge is 2.37. The molecule has 6 heteroatoms. The number of rotatable bonds is 15. The number of aliphatic hydroxyl groups is 1. The summed E-state index contributed by atoms with van der Waals surface area (Å²) in [4.78, 5) is 15.7. The fourth-order valence-corrected chi connectivity index (χ4v) is 6.48. The zero-order valence-corrected chi connectivity index (χ0v) is 28.1. The van der Waals surface area contributed by atoms with Crippen molar-refractivity contribution >= 4 is 17.7 Å². The lowest BCUT2D eigenvalue weighted by Gasteiger charge is -2.40. The monoisotopic (exact) mass is 585 g/mol. The van der Waals surface area contributed by atoms with E-state index in [1.165, 1.54) is 18.4 Å². The maximum absolute atomic E-state index is 13.5. The van der Waals surface area contributed by atoms with Crippen LogP contribution < -0.4 is 10.6 Å². The molecule has 1 aliphatic heterocycles. The van der Waals surface area contributed by atoms with Crippen LogP contribution in [0.15, 0.2) is 72.0 Å². The predicted octanol–water partition coefficient (Wildman–Crippen LogP) is 7.75. The number of amides is 1. The fraction of sp³-hybridized carbons (Fsp3) is 0.629. The lowest BCUT2D eigenvalue weighted by atomic mass is 9.84. The van der Waals surface area contributed by atoms with Crippen molar-refractivity contribution in [3.05, 3.63) is 72.0 Å². The van der Waals surface area contributed by atoms with Gasteiger partial charge in [0.2, 0.25) is 5.91 Å². The number of nitrogens with one attached hydrogen (secondary N) is 2. The first kappa shape index (κ1) is 36.8. The molecule has 0 aromatic carbocycles. The van der Waals surface area contributed by atoms with Crippen LogP contribution in [0.4, 0.5) is 0 Å². The Kier molecular flexibility index (Phi) is 16.5. The van der Waals surface area contributed by atoms with E-state index in [2.05, 4.69) is 108 Å². The molecule has 1 aliphatic carbocycles. The van der Waals surface area contributed by atoms with Crippen LogP contribution in [-0.2, 0) is 4.79 Å². The van der Waals surface area contributed by atoms with Crippen LogP contribution in [0.2, 0.25) is 0 Å². The Labute approximate surface area is 256 Å². The lowest BCUT2D eigenvalue weighted by Crippen LogP contribution is -2.50. The van der Waals surface area contributed by atoms with Crippen LogP contribution in [0.3, 0.4) is 0 Å². The van der Waals surface area contributed by atoms with Crippen molar-refractivity contribution in [2.24, 2.45) is 17.3 Å². The first-order valence-electron chi connectivity index (χ1n) is 15.4. The van der Waals surface area contributed by atoms with Gasteiger partial charge in [-0.05, 0) is 59.5 Å². The normalized spacial score (nSPS) is 20.2. The second kappa shape index (κ2) is 18.4. The van der Waals surface area contributed by atoms with Gasteiger partial charge in [0, 0.05) is 36.8 Å². The molecule has 0 aromatic heterocycles. The highest BCUT2D eigenvalue weighted by atomic mass is 32.2. The van der Waals surface area contributed by atoms with Gasteiger partial charge in [-0.25, -0.2) is 0 Å². The number of carbonyl (C=O) groups excluding carboxylic acids is 1. The molecule has 5 nitrogen and oxygen atoms in total. The number of hydrogen-bond acceptors (Lipinski definition) is 5. The summed E-state index contributed by atoms with van der Waals surface area (Å²) in [5.74, 6) is 0.953. The first-order valence-corrected chi connectivity index (χ1v) is 16.3. The van der Waals surface area contributed by atoms with E-state index >= 15 is 0 Å². The molecule has 0 aromatic rings. The van der Waals surface area contributed by atoms with E-state index < -0.39 is 0 Å². The van der Waals surface area contributed by atoms with Gasteiger partial charge in [-0.1, -0.05) is 105 Å². The average Bonchev–Trinajstić information content (AvgIpc) is 3.35. The van der Waals surface area contributed by atoms with Crippen LogP contribution in [0.1, 0.15) is 87.0 Å². The number of thioether (sulfide) groups is 1. The van der Waals surface area contributed by atoms with Gasteiger partial charge < -0.3 is 20.6 Å². The summed E-state index contributed by atoms with van der Waals surface area (Å²) in [6, 6.07) is -0.160. The van der Waals surface area contributed by atoms with Crippen molar-refractivity contribution < 1.29 is 9.90 Å². The van der Waals surface area contributed by atoms with Gasteiger partial charge in [0.1, 0.15) is 6.04 Å². The van der Waals surface area contributed by atoms with Crippen LogP contribution in [0, 0.1) is 17.3 Å². The van der Waals surface area contributed by atoms with Gasteiger partial charge in [0.05, 0.1) is 6.04 Å². The number of nitrogens with zero attached hydrogens (tertiary/aromatic N) is 1. The molecule has 0 saturated carbocycles. The third-order valence-electron chi connectivity index (χ3n) is 7.81. The van der Waals surface area contributed by atoms with Gasteiger partial charge in [-0.15, -0.1) is 11.8 Å². The van der Waals surface area contributed by atoms with Crippen LogP contribution in [0.5, 0.6) is 0 Å². The van der Waals surface area contributed by atoms with E-state index in [-0.39, 0.29) is 23.4 Å². The summed E-state index contributed by atoms with van der Waals surface area (Å²) in [6.45, 7) is 29.8. The Balaban J connectivity index is 0.00000411. The third-order valence-corrected chi connectivity index (χ3v) is 9.11. The fourth-order valence-electron chi connectivity index (χ4n) is 5.51. The summed E-state index contributed by atoms with van der Waals surface area (Å²) >= 11 is 1.79. The highest BCUT2D eigenvalue weighted by molar-refractivity contribution is 8.02. The smallest absolute Gasteiger partial charge is 0.242 e. The number of allylic oxidation sites excluding steroid dienone is 4. The minimum Gasteiger partial charge on any atom is -0.400 e. The number of hydrogen-bond donors (Lipinski definition) is 3. The summed E-state index contributed by atoms with van der Waals surface area (Å²) < 4.78 is 0. The molecule has 1 saturated heterocycles. The van der Waals surface area contributed by atoms with Crippen molar-refractivity contribution in [2.75, 3.05) is 20.2 Å². The van der Waals surface area contributed by atoms with Crippen molar-refractivity contribution in [1.82, 2.24) is 15.5 Å². The number of aliphatic hydroxyl groups excluding tert-OH is 1. The molecular formula is C35H59N3O2S. The van der Waals surface area contributed by atoms with Crippen molar-refractivity contribution in [3.63, 3.8) is 0 Å². The van der Waals surface area contributed by atoms with Crippen LogP contribution in [0.25, 0.3) is 0 Å². The molecule has 1 heterocycles. The first-order chi connectivity index (χ1) is 19.4. The van der Waals surface area contributed by atoms with Crippen molar-refractivity contribution in [2.45, 2.75) is 104 Å². The Morgan fingerprint density at radius 1 is 1.22 bits per heavy atom. The van der Waals surface area contributed by atoms with Gasteiger partial charge in [-0.3, -0.25) is 4.79 Å².